The molecule has 0 spiro atoms. The lowest BCUT2D eigenvalue weighted by molar-refractivity contribution is 0.991. The van der Waals surface area contributed by atoms with Crippen LogP contribution in [0.2, 0.25) is 0 Å². The molecule has 0 aliphatic rings. The Kier molecular flexibility index (Phi) is 5.52. The highest BCUT2D eigenvalue weighted by Gasteiger charge is 1.95. The minimum Gasteiger partial charge on any atom is -0.385 e. The fourth-order valence-electron chi connectivity index (χ4n) is 1.79. The predicted octanol–water partition coefficient (Wildman–Crippen LogP) is 4.46. The van der Waals surface area contributed by atoms with Crippen molar-refractivity contribution in [3.8, 4) is 6.07 Å². The Hall–Kier alpha value is -1.92. The van der Waals surface area contributed by atoms with Crippen LogP contribution in [-0.4, -0.2) is 12.3 Å². The molecule has 0 saturated heterocycles. The number of aryl methyl sites for hydroxylation is 1. The third kappa shape index (κ3) is 4.64. The van der Waals surface area contributed by atoms with Gasteiger partial charge in [0.25, 0.3) is 0 Å². The largest absolute Gasteiger partial charge is 0.385 e. The van der Waals surface area contributed by atoms with Crippen molar-refractivity contribution in [3.05, 3.63) is 59.7 Å². The average molecular weight is 282 g/mol. The first-order valence-electron chi connectivity index (χ1n) is 6.71. The first-order valence-corrected chi connectivity index (χ1v) is 7.70. The van der Waals surface area contributed by atoms with E-state index in [1.54, 1.807) is 0 Å². The zero-order valence-corrected chi connectivity index (χ0v) is 12.4. The number of benzene rings is 2. The maximum atomic E-state index is 8.73. The molecule has 0 fully saturated rings. The second-order valence-corrected chi connectivity index (χ2v) is 5.80. The highest BCUT2D eigenvalue weighted by Crippen LogP contribution is 2.19. The van der Waals surface area contributed by atoms with Gasteiger partial charge in [0.05, 0.1) is 11.6 Å². The Bertz CT molecular complexity index is 567. The number of nitriles is 1. The van der Waals surface area contributed by atoms with Crippen LogP contribution in [0, 0.1) is 18.3 Å². The molecule has 0 aliphatic carbocycles. The maximum absolute atomic E-state index is 8.73. The summed E-state index contributed by atoms with van der Waals surface area (Å²) in [5.74, 6) is 1.10. The van der Waals surface area contributed by atoms with E-state index < -0.39 is 0 Å². The normalized spacial score (nSPS) is 10.0. The second-order valence-electron chi connectivity index (χ2n) is 4.63. The van der Waals surface area contributed by atoms with Crippen LogP contribution in [0.4, 0.5) is 5.69 Å². The molecule has 0 aliphatic heterocycles. The molecule has 2 nitrogen and oxygen atoms in total. The van der Waals surface area contributed by atoms with Gasteiger partial charge in [-0.25, -0.2) is 0 Å². The van der Waals surface area contributed by atoms with Gasteiger partial charge in [-0.3, -0.25) is 0 Å². The van der Waals surface area contributed by atoms with Gasteiger partial charge in [-0.2, -0.15) is 5.26 Å². The molecule has 0 aromatic heterocycles. The van der Waals surface area contributed by atoms with E-state index in [9.17, 15) is 0 Å². The first kappa shape index (κ1) is 14.5. The molecule has 0 radical (unpaired) electrons. The SMILES string of the molecule is Cc1ccc(SCCCNc2ccc(C#N)cc2)cc1. The third-order valence-corrected chi connectivity index (χ3v) is 4.05. The van der Waals surface area contributed by atoms with E-state index in [2.05, 4.69) is 42.6 Å². The van der Waals surface area contributed by atoms with Gasteiger partial charge in [0.1, 0.15) is 0 Å². The number of nitrogens with one attached hydrogen (secondary N) is 1. The third-order valence-electron chi connectivity index (χ3n) is 2.95. The second kappa shape index (κ2) is 7.62. The van der Waals surface area contributed by atoms with Crippen LogP contribution >= 0.6 is 11.8 Å². The van der Waals surface area contributed by atoms with Crippen LogP contribution in [0.15, 0.2) is 53.4 Å². The van der Waals surface area contributed by atoms with Crippen molar-refractivity contribution in [1.82, 2.24) is 0 Å². The molecular weight excluding hydrogens is 264 g/mol. The van der Waals surface area contributed by atoms with Crippen LogP contribution in [0.3, 0.4) is 0 Å². The van der Waals surface area contributed by atoms with E-state index >= 15 is 0 Å². The highest BCUT2D eigenvalue weighted by atomic mass is 32.2. The van der Waals surface area contributed by atoms with Gasteiger partial charge < -0.3 is 5.32 Å². The minimum atomic E-state index is 0.700. The van der Waals surface area contributed by atoms with E-state index in [1.165, 1.54) is 10.5 Å². The van der Waals surface area contributed by atoms with E-state index in [4.69, 9.17) is 5.26 Å². The summed E-state index contributed by atoms with van der Waals surface area (Å²) in [6, 6.07) is 18.3. The quantitative estimate of drug-likeness (QED) is 0.627. The predicted molar refractivity (Wildman–Crippen MR) is 86.2 cm³/mol. The summed E-state index contributed by atoms with van der Waals surface area (Å²) in [5.41, 5.74) is 3.08. The highest BCUT2D eigenvalue weighted by molar-refractivity contribution is 7.99. The Balaban J connectivity index is 1.66. The zero-order chi connectivity index (χ0) is 14.2. The lowest BCUT2D eigenvalue weighted by Gasteiger charge is -2.06. The van der Waals surface area contributed by atoms with Crippen LogP contribution in [0.1, 0.15) is 17.5 Å². The van der Waals surface area contributed by atoms with Crippen molar-refractivity contribution in [3.63, 3.8) is 0 Å². The van der Waals surface area contributed by atoms with Crippen molar-refractivity contribution in [2.75, 3.05) is 17.6 Å². The van der Waals surface area contributed by atoms with Crippen molar-refractivity contribution < 1.29 is 0 Å². The molecule has 0 unspecified atom stereocenters. The van der Waals surface area contributed by atoms with Crippen LogP contribution in [-0.2, 0) is 0 Å². The van der Waals surface area contributed by atoms with Gasteiger partial charge in [-0.15, -0.1) is 11.8 Å². The van der Waals surface area contributed by atoms with E-state index in [1.807, 2.05) is 36.0 Å². The topological polar surface area (TPSA) is 35.8 Å². The lowest BCUT2D eigenvalue weighted by Crippen LogP contribution is -2.02. The Morgan fingerprint density at radius 1 is 1.05 bits per heavy atom. The van der Waals surface area contributed by atoms with Crippen molar-refractivity contribution >= 4 is 17.4 Å². The molecule has 0 bridgehead atoms. The number of nitrogens with zero attached hydrogens (tertiary/aromatic N) is 1. The molecule has 2 rings (SSSR count). The summed E-state index contributed by atoms with van der Waals surface area (Å²) in [7, 11) is 0. The van der Waals surface area contributed by atoms with Crippen LogP contribution < -0.4 is 5.32 Å². The number of anilines is 1. The molecule has 20 heavy (non-hydrogen) atoms. The standard InChI is InChI=1S/C17H18N2S/c1-14-3-9-17(10-4-14)20-12-2-11-19-16-7-5-15(13-18)6-8-16/h3-10,19H,2,11-12H2,1H3. The van der Waals surface area contributed by atoms with Gasteiger partial charge in [-0.1, -0.05) is 17.7 Å². The Morgan fingerprint density at radius 2 is 1.75 bits per heavy atom. The summed E-state index contributed by atoms with van der Waals surface area (Å²) in [4.78, 5) is 1.33. The number of rotatable bonds is 6. The summed E-state index contributed by atoms with van der Waals surface area (Å²) in [5, 5.41) is 12.1. The van der Waals surface area contributed by atoms with Crippen molar-refractivity contribution in [2.24, 2.45) is 0 Å². The summed E-state index contributed by atoms with van der Waals surface area (Å²) < 4.78 is 0. The van der Waals surface area contributed by atoms with Gasteiger partial charge in [0.15, 0.2) is 0 Å². The van der Waals surface area contributed by atoms with Crippen LogP contribution in [0.25, 0.3) is 0 Å². The first-order chi connectivity index (χ1) is 9.78. The van der Waals surface area contributed by atoms with Gasteiger partial charge >= 0.3 is 0 Å². The van der Waals surface area contributed by atoms with Gasteiger partial charge in [0.2, 0.25) is 0 Å². The zero-order valence-electron chi connectivity index (χ0n) is 11.6. The summed E-state index contributed by atoms with van der Waals surface area (Å²) in [6.45, 7) is 3.06. The molecule has 0 amide bonds. The molecule has 2 aromatic rings. The molecule has 3 heteroatoms. The lowest BCUT2D eigenvalue weighted by atomic mass is 10.2. The fourth-order valence-corrected chi connectivity index (χ4v) is 2.64. The van der Waals surface area contributed by atoms with E-state index in [-0.39, 0.29) is 0 Å². The number of hydrogen-bond donors (Lipinski definition) is 1. The summed E-state index contributed by atoms with van der Waals surface area (Å²) >= 11 is 1.89. The van der Waals surface area contributed by atoms with Crippen molar-refractivity contribution in [2.45, 2.75) is 18.2 Å². The van der Waals surface area contributed by atoms with E-state index in [0.717, 1.165) is 24.4 Å². The number of thioether (sulfide) groups is 1. The van der Waals surface area contributed by atoms with E-state index in [0.29, 0.717) is 5.56 Å². The van der Waals surface area contributed by atoms with Crippen LogP contribution in [0.5, 0.6) is 0 Å². The molecule has 102 valence electrons. The fraction of sp³-hybridized carbons (Fsp3) is 0.235. The molecule has 2 aromatic carbocycles. The average Bonchev–Trinajstić information content (AvgIpc) is 2.49. The molecule has 0 heterocycles. The monoisotopic (exact) mass is 282 g/mol. The molecule has 0 atom stereocenters. The molecule has 1 N–H and O–H groups in total. The molecular formula is C17H18N2S. The maximum Gasteiger partial charge on any atom is 0.0991 e. The van der Waals surface area contributed by atoms with Gasteiger partial charge in [0, 0.05) is 17.1 Å². The minimum absolute atomic E-state index is 0.700. The number of hydrogen-bond acceptors (Lipinski definition) is 3. The Labute approximate surface area is 124 Å². The summed E-state index contributed by atoms with van der Waals surface area (Å²) in [6.07, 6.45) is 1.11. The van der Waals surface area contributed by atoms with Crippen molar-refractivity contribution in [1.29, 1.82) is 5.26 Å². The van der Waals surface area contributed by atoms with Gasteiger partial charge in [-0.05, 0) is 55.5 Å². The smallest absolute Gasteiger partial charge is 0.0991 e. The Morgan fingerprint density at radius 3 is 2.40 bits per heavy atom. The molecule has 0 saturated carbocycles.